The summed E-state index contributed by atoms with van der Waals surface area (Å²) in [5, 5.41) is 3.22. The Morgan fingerprint density at radius 3 is 2.62 bits per heavy atom. The third kappa shape index (κ3) is 7.16. The number of rotatable bonds is 9. The number of carbonyl (C=O) groups excluding carboxylic acids is 3. The highest BCUT2D eigenvalue weighted by Crippen LogP contribution is 2.40. The molecule has 1 heterocycles. The fraction of sp³-hybridized carbons (Fsp3) is 0.179. The lowest BCUT2D eigenvalue weighted by Gasteiger charge is -2.15. The monoisotopic (exact) mass is 648 g/mol. The smallest absolute Gasteiger partial charge is 0.294 e. The van der Waals surface area contributed by atoms with E-state index in [0.29, 0.717) is 43.9 Å². The lowest BCUT2D eigenvalue weighted by atomic mass is 10.1. The molecule has 3 aromatic carbocycles. The molecule has 11 heteroatoms. The molecule has 3 amide bonds. The number of thioether (sulfide) groups is 1. The summed E-state index contributed by atoms with van der Waals surface area (Å²) in [6.07, 6.45) is 1.58. The number of imide groups is 1. The zero-order valence-electron chi connectivity index (χ0n) is 20.9. The van der Waals surface area contributed by atoms with Crippen molar-refractivity contribution in [3.63, 3.8) is 0 Å². The van der Waals surface area contributed by atoms with Gasteiger partial charge in [-0.1, -0.05) is 47.5 Å². The van der Waals surface area contributed by atoms with E-state index in [1.807, 2.05) is 32.0 Å². The number of hydrogen-bond acceptors (Lipinski definition) is 6. The van der Waals surface area contributed by atoms with Crippen molar-refractivity contribution in [2.75, 3.05) is 18.5 Å². The van der Waals surface area contributed by atoms with Gasteiger partial charge in [0.05, 0.1) is 16.0 Å². The second-order valence-corrected chi connectivity index (χ2v) is 11.1. The van der Waals surface area contributed by atoms with Crippen LogP contribution in [0.3, 0.4) is 0 Å². The first-order valence-corrected chi connectivity index (χ1v) is 14.2. The summed E-state index contributed by atoms with van der Waals surface area (Å²) in [7, 11) is 0. The molecule has 0 spiro atoms. The first kappa shape index (κ1) is 29.0. The molecule has 0 aromatic heterocycles. The number of amides is 3. The van der Waals surface area contributed by atoms with Gasteiger partial charge in [-0.15, -0.1) is 0 Å². The zero-order valence-corrected chi connectivity index (χ0v) is 24.8. The van der Waals surface area contributed by atoms with Gasteiger partial charge in [0.2, 0.25) is 5.91 Å². The van der Waals surface area contributed by atoms with E-state index in [9.17, 15) is 14.4 Å². The fourth-order valence-electron chi connectivity index (χ4n) is 3.69. The summed E-state index contributed by atoms with van der Waals surface area (Å²) < 4.78 is 12.4. The van der Waals surface area contributed by atoms with E-state index in [1.54, 1.807) is 42.5 Å². The number of carbonyl (C=O) groups is 3. The Bertz CT molecular complexity index is 1480. The van der Waals surface area contributed by atoms with Crippen LogP contribution in [0.5, 0.6) is 11.5 Å². The molecule has 1 saturated heterocycles. The lowest BCUT2D eigenvalue weighted by Crippen LogP contribution is -2.36. The van der Waals surface area contributed by atoms with Crippen LogP contribution in [0.15, 0.2) is 64.0 Å². The first-order chi connectivity index (χ1) is 18.7. The molecule has 0 unspecified atom stereocenters. The van der Waals surface area contributed by atoms with E-state index in [1.165, 1.54) is 0 Å². The average Bonchev–Trinajstić information content (AvgIpc) is 3.14. The highest BCUT2D eigenvalue weighted by Gasteiger charge is 2.36. The molecule has 0 bridgehead atoms. The van der Waals surface area contributed by atoms with E-state index in [4.69, 9.17) is 32.7 Å². The molecule has 0 radical (unpaired) electrons. The van der Waals surface area contributed by atoms with Gasteiger partial charge in [0.15, 0.2) is 11.5 Å². The van der Waals surface area contributed by atoms with E-state index in [2.05, 4.69) is 21.2 Å². The molecule has 1 N–H and O–H groups in total. The Morgan fingerprint density at radius 1 is 1.10 bits per heavy atom. The largest absolute Gasteiger partial charge is 0.490 e. The highest BCUT2D eigenvalue weighted by atomic mass is 79.9. The van der Waals surface area contributed by atoms with Crippen molar-refractivity contribution >= 4 is 79.7 Å². The van der Waals surface area contributed by atoms with Crippen LogP contribution in [0.2, 0.25) is 10.0 Å². The van der Waals surface area contributed by atoms with Gasteiger partial charge in [-0.2, -0.15) is 0 Å². The predicted octanol–water partition coefficient (Wildman–Crippen LogP) is 7.72. The Balaban J connectivity index is 1.50. The van der Waals surface area contributed by atoms with E-state index < -0.39 is 23.6 Å². The van der Waals surface area contributed by atoms with Crippen LogP contribution in [-0.2, 0) is 16.2 Å². The maximum Gasteiger partial charge on any atom is 0.294 e. The number of nitrogens with one attached hydrogen (secondary N) is 1. The molecule has 3 aromatic rings. The van der Waals surface area contributed by atoms with E-state index in [0.717, 1.165) is 27.8 Å². The van der Waals surface area contributed by atoms with Gasteiger partial charge in [0.1, 0.15) is 13.2 Å². The first-order valence-electron chi connectivity index (χ1n) is 11.8. The summed E-state index contributed by atoms with van der Waals surface area (Å²) in [5.41, 5.74) is 2.75. The summed E-state index contributed by atoms with van der Waals surface area (Å²) in [4.78, 5) is 39.3. The number of anilines is 1. The van der Waals surface area contributed by atoms with Crippen LogP contribution in [-0.4, -0.2) is 35.1 Å². The van der Waals surface area contributed by atoms with E-state index in [-0.39, 0.29) is 11.5 Å². The summed E-state index contributed by atoms with van der Waals surface area (Å²) in [5.74, 6) is -0.128. The minimum atomic E-state index is -0.559. The molecule has 0 atom stereocenters. The van der Waals surface area contributed by atoms with Crippen LogP contribution in [0.1, 0.15) is 23.6 Å². The zero-order chi connectivity index (χ0) is 28.1. The number of aryl methyl sites for hydroxylation is 1. The molecule has 1 fully saturated rings. The van der Waals surface area contributed by atoms with Gasteiger partial charge >= 0.3 is 0 Å². The Kier molecular flexibility index (Phi) is 9.61. The van der Waals surface area contributed by atoms with Crippen molar-refractivity contribution in [3.05, 3.63) is 90.7 Å². The van der Waals surface area contributed by atoms with Crippen LogP contribution >= 0.6 is 50.9 Å². The van der Waals surface area contributed by atoms with Crippen LogP contribution in [0.4, 0.5) is 10.5 Å². The van der Waals surface area contributed by atoms with Gasteiger partial charge in [0.25, 0.3) is 11.1 Å². The molecule has 4 rings (SSSR count). The molecule has 39 heavy (non-hydrogen) atoms. The molecule has 0 aliphatic carbocycles. The number of nitrogens with zero attached hydrogens (tertiary/aromatic N) is 1. The quantitative estimate of drug-likeness (QED) is 0.239. The maximum absolute atomic E-state index is 13.0. The van der Waals surface area contributed by atoms with Crippen molar-refractivity contribution < 1.29 is 23.9 Å². The topological polar surface area (TPSA) is 84.9 Å². The van der Waals surface area contributed by atoms with Crippen molar-refractivity contribution in [1.82, 2.24) is 4.90 Å². The highest BCUT2D eigenvalue weighted by molar-refractivity contribution is 9.10. The van der Waals surface area contributed by atoms with Crippen molar-refractivity contribution in [2.45, 2.75) is 20.5 Å². The second-order valence-electron chi connectivity index (χ2n) is 8.42. The molecular formula is C28H23BrCl2N2O5S. The minimum absolute atomic E-state index is 0.186. The van der Waals surface area contributed by atoms with Gasteiger partial charge in [-0.05, 0) is 89.1 Å². The van der Waals surface area contributed by atoms with Crippen molar-refractivity contribution in [3.8, 4) is 11.5 Å². The van der Waals surface area contributed by atoms with Gasteiger partial charge in [-0.3, -0.25) is 19.3 Å². The third-order valence-electron chi connectivity index (χ3n) is 5.61. The molecular weight excluding hydrogens is 627 g/mol. The second kappa shape index (κ2) is 12.9. The lowest BCUT2D eigenvalue weighted by molar-refractivity contribution is -0.127. The normalized spacial score (nSPS) is 14.2. The molecule has 0 saturated carbocycles. The molecule has 7 nitrogen and oxygen atoms in total. The Labute approximate surface area is 248 Å². The van der Waals surface area contributed by atoms with Crippen LogP contribution in [0, 0.1) is 6.92 Å². The fourth-order valence-corrected chi connectivity index (χ4v) is 5.46. The summed E-state index contributed by atoms with van der Waals surface area (Å²) in [6.45, 7) is 3.86. The molecule has 1 aliphatic rings. The number of ether oxygens (including phenoxy) is 2. The standard InChI is InChI=1S/C28H23BrCl2N2O5S/c1-3-37-23-11-17(10-20(29)26(23)38-15-18-6-4-5-7-21(18)31)12-24-27(35)33(28(36)39-24)14-25(34)32-22-13-19(30)9-8-16(22)2/h4-13H,3,14-15H2,1-2H3,(H,32,34)/b24-12+. The number of halogens is 3. The Hall–Kier alpha value is -2.98. The third-order valence-corrected chi connectivity index (χ3v) is 7.71. The number of benzene rings is 3. The molecule has 1 aliphatic heterocycles. The predicted molar refractivity (Wildman–Crippen MR) is 159 cm³/mol. The summed E-state index contributed by atoms with van der Waals surface area (Å²) in [6, 6.07) is 15.9. The van der Waals surface area contributed by atoms with Crippen molar-refractivity contribution in [2.24, 2.45) is 0 Å². The Morgan fingerprint density at radius 2 is 1.87 bits per heavy atom. The van der Waals surface area contributed by atoms with Gasteiger partial charge in [0, 0.05) is 21.3 Å². The van der Waals surface area contributed by atoms with Crippen LogP contribution < -0.4 is 14.8 Å². The SMILES string of the molecule is CCOc1cc(/C=C2/SC(=O)N(CC(=O)Nc3cc(Cl)ccc3C)C2=O)cc(Br)c1OCc1ccccc1Cl. The van der Waals surface area contributed by atoms with E-state index >= 15 is 0 Å². The van der Waals surface area contributed by atoms with Gasteiger partial charge in [-0.25, -0.2) is 0 Å². The van der Waals surface area contributed by atoms with Crippen molar-refractivity contribution in [1.29, 1.82) is 0 Å². The molecule has 202 valence electrons. The average molecular weight is 650 g/mol. The number of hydrogen-bond donors (Lipinski definition) is 1. The van der Waals surface area contributed by atoms with Crippen LogP contribution in [0.25, 0.3) is 6.08 Å². The van der Waals surface area contributed by atoms with Gasteiger partial charge < -0.3 is 14.8 Å². The minimum Gasteiger partial charge on any atom is -0.490 e. The summed E-state index contributed by atoms with van der Waals surface area (Å²) >= 11 is 16.5. The maximum atomic E-state index is 13.0.